The van der Waals surface area contributed by atoms with Crippen LogP contribution in [0.2, 0.25) is 0 Å². The lowest BCUT2D eigenvalue weighted by molar-refractivity contribution is -0.142. The van der Waals surface area contributed by atoms with Crippen molar-refractivity contribution in [3.8, 4) is 0 Å². The van der Waals surface area contributed by atoms with Crippen LogP contribution in [0.15, 0.2) is 0 Å². The van der Waals surface area contributed by atoms with Gasteiger partial charge in [0.25, 0.3) is 5.91 Å². The first-order chi connectivity index (χ1) is 21.5. The molecule has 5 N–H and O–H groups in total. The average Bonchev–Trinajstić information content (AvgIpc) is 3.01. The van der Waals surface area contributed by atoms with Gasteiger partial charge >= 0.3 is 17.9 Å². The van der Waals surface area contributed by atoms with Crippen LogP contribution >= 0.6 is 0 Å². The van der Waals surface area contributed by atoms with Gasteiger partial charge in [0, 0.05) is 14.1 Å². The van der Waals surface area contributed by atoms with Crippen LogP contribution in [0.4, 0.5) is 0 Å². The van der Waals surface area contributed by atoms with E-state index in [0.717, 1.165) is 14.9 Å². The zero-order valence-corrected chi connectivity index (χ0v) is 32.3. The van der Waals surface area contributed by atoms with Gasteiger partial charge < -0.3 is 14.6 Å². The number of sulfonamides is 4. The number of likely N-dealkylation sites (N-methyl/N-ethyl adjacent to an activating group) is 2. The molecule has 0 aliphatic carbocycles. The van der Waals surface area contributed by atoms with Gasteiger partial charge in [-0.2, -0.15) is 8.61 Å². The van der Waals surface area contributed by atoms with Crippen LogP contribution in [0.25, 0.3) is 0 Å². The van der Waals surface area contributed by atoms with Crippen LogP contribution in [0.1, 0.15) is 48.5 Å². The Labute approximate surface area is 283 Å². The number of hydrogen-bond donors (Lipinski definition) is 5. The SMILES string of the molecule is CCS(=O)(=O)N(C)C(C)C(=O)NO.CCS(=O)(=O)N(C)C(C)C(=O)O.CCS(=O)(=O)NC(C)C(=O)OC.COC(=O)C(C)NS(C)(=O)=O. The minimum atomic E-state index is -3.39. The van der Waals surface area contributed by atoms with E-state index < -0.39 is 88.1 Å². The average molecular weight is 782 g/mol. The Morgan fingerprint density at radius 1 is 0.667 bits per heavy atom. The topological polar surface area (TPSA) is 306 Å². The summed E-state index contributed by atoms with van der Waals surface area (Å²) in [5.74, 6) is -3.29. The van der Waals surface area contributed by atoms with Crippen LogP contribution in [-0.4, -0.2) is 152 Å². The second-order valence-electron chi connectivity index (χ2n) is 9.40. The molecule has 0 aliphatic rings. The van der Waals surface area contributed by atoms with Crippen molar-refractivity contribution in [1.29, 1.82) is 0 Å². The van der Waals surface area contributed by atoms with Gasteiger partial charge in [0.2, 0.25) is 40.1 Å². The van der Waals surface area contributed by atoms with E-state index in [-0.39, 0.29) is 17.3 Å². The number of carboxylic acid groups (broad SMARTS) is 1. The molecule has 0 aromatic heterocycles. The number of esters is 2. The maximum absolute atomic E-state index is 11.2. The maximum atomic E-state index is 11.2. The molecule has 0 spiro atoms. The van der Waals surface area contributed by atoms with Crippen LogP contribution in [-0.2, 0) is 68.7 Å². The predicted octanol–water partition coefficient (Wildman–Crippen LogP) is -2.51. The van der Waals surface area contributed by atoms with Crippen molar-refractivity contribution >= 4 is 63.9 Å². The molecule has 0 saturated heterocycles. The Balaban J connectivity index is -0.000000269. The Kier molecular flexibility index (Phi) is 25.9. The van der Waals surface area contributed by atoms with Crippen LogP contribution in [0, 0.1) is 0 Å². The van der Waals surface area contributed by atoms with Crippen molar-refractivity contribution in [2.24, 2.45) is 0 Å². The highest BCUT2D eigenvalue weighted by Crippen LogP contribution is 2.05. The number of rotatable bonds is 15. The van der Waals surface area contributed by atoms with Crippen LogP contribution in [0.5, 0.6) is 0 Å². The summed E-state index contributed by atoms with van der Waals surface area (Å²) in [4.78, 5) is 42.6. The van der Waals surface area contributed by atoms with E-state index in [2.05, 4.69) is 18.9 Å². The zero-order valence-electron chi connectivity index (χ0n) is 29.1. The molecule has 0 aromatic rings. The van der Waals surface area contributed by atoms with Crippen molar-refractivity contribution in [3.05, 3.63) is 0 Å². The first-order valence-electron chi connectivity index (χ1n) is 13.7. The molecule has 0 radical (unpaired) electrons. The molecule has 0 aromatic carbocycles. The molecule has 0 bridgehead atoms. The first kappa shape index (κ1) is 52.3. The first-order valence-corrected chi connectivity index (χ1v) is 20.5. The molecule has 0 saturated carbocycles. The molecular weight excluding hydrogens is 731 g/mol. The molecular formula is C23H51N5O16S4. The number of carbonyl (C=O) groups excluding carboxylic acids is 3. The third kappa shape index (κ3) is 22.9. The number of amides is 1. The lowest BCUT2D eigenvalue weighted by Gasteiger charge is -2.21. The number of carbonyl (C=O) groups is 4. The molecule has 4 atom stereocenters. The number of carboxylic acids is 1. The molecule has 0 aliphatic heterocycles. The van der Waals surface area contributed by atoms with Gasteiger partial charge in [-0.15, -0.1) is 0 Å². The maximum Gasteiger partial charge on any atom is 0.323 e. The molecule has 0 fully saturated rings. The monoisotopic (exact) mass is 781 g/mol. The van der Waals surface area contributed by atoms with E-state index in [1.54, 1.807) is 0 Å². The van der Waals surface area contributed by atoms with Crippen molar-refractivity contribution in [3.63, 3.8) is 0 Å². The summed E-state index contributed by atoms with van der Waals surface area (Å²) in [5, 5.41) is 16.8. The minimum Gasteiger partial charge on any atom is -0.480 e. The lowest BCUT2D eigenvalue weighted by atomic mass is 10.3. The van der Waals surface area contributed by atoms with E-state index in [1.807, 2.05) is 0 Å². The number of ether oxygens (including phenoxy) is 2. The van der Waals surface area contributed by atoms with Gasteiger partial charge in [-0.1, -0.05) is 0 Å². The van der Waals surface area contributed by atoms with Crippen LogP contribution in [0.3, 0.4) is 0 Å². The third-order valence-electron chi connectivity index (χ3n) is 5.78. The quantitative estimate of drug-likeness (QED) is 0.0651. The Bertz CT molecular complexity index is 1450. The summed E-state index contributed by atoms with van der Waals surface area (Å²) < 4.78 is 102. The summed E-state index contributed by atoms with van der Waals surface area (Å²) >= 11 is 0. The van der Waals surface area contributed by atoms with Gasteiger partial charge in [0.05, 0.1) is 37.7 Å². The van der Waals surface area contributed by atoms with Gasteiger partial charge in [-0.25, -0.2) is 48.6 Å². The van der Waals surface area contributed by atoms with Crippen LogP contribution < -0.4 is 14.9 Å². The highest BCUT2D eigenvalue weighted by atomic mass is 32.2. The number of methoxy groups -OCH3 is 2. The number of hydroxylamine groups is 1. The standard InChI is InChI=1S/C6H14N2O4S.2C6H13NO4S.C5H11NO4S/c1-4-13(11,12)8(3)5(2)6(9)7-10;1-4-12(9,10)7-5(2)6(8)11-3;1-4-12(10,11)7(3)5(2)6(8)9;1-4(5(7)10-2)6-11(3,8)9/h5,10H,4H2,1-3H3,(H,7,9);5,7H,4H2,1-3H3;5H,4H2,1-3H3,(H,8,9);4,6H,1-3H3. The van der Waals surface area contributed by atoms with Gasteiger partial charge in [0.1, 0.15) is 24.2 Å². The summed E-state index contributed by atoms with van der Waals surface area (Å²) in [6, 6.07) is -3.56. The molecule has 0 heterocycles. The number of aliphatic carboxylic acids is 1. The molecule has 25 heteroatoms. The van der Waals surface area contributed by atoms with E-state index >= 15 is 0 Å². The molecule has 0 rings (SSSR count). The zero-order chi connectivity index (χ0) is 39.4. The number of nitrogens with zero attached hydrogens (tertiary/aromatic N) is 2. The molecule has 4 unspecified atom stereocenters. The number of hydrogen-bond acceptors (Lipinski definition) is 15. The summed E-state index contributed by atoms with van der Waals surface area (Å²) in [6.07, 6.45) is 0.979. The van der Waals surface area contributed by atoms with E-state index in [4.69, 9.17) is 10.3 Å². The molecule has 48 heavy (non-hydrogen) atoms. The summed E-state index contributed by atoms with van der Waals surface area (Å²) in [5.41, 5.74) is 1.40. The van der Waals surface area contributed by atoms with Crippen molar-refractivity contribution in [1.82, 2.24) is 23.5 Å². The fourth-order valence-corrected chi connectivity index (χ4v) is 5.93. The van der Waals surface area contributed by atoms with E-state index in [9.17, 15) is 52.8 Å². The second-order valence-corrected chi connectivity index (χ2v) is 17.9. The smallest absolute Gasteiger partial charge is 0.323 e. The summed E-state index contributed by atoms with van der Waals surface area (Å²) in [7, 11) is -8.48. The van der Waals surface area contributed by atoms with E-state index in [0.29, 0.717) is 0 Å². The Morgan fingerprint density at radius 2 is 1.00 bits per heavy atom. The van der Waals surface area contributed by atoms with Gasteiger partial charge in [-0.3, -0.25) is 24.4 Å². The van der Waals surface area contributed by atoms with Crippen molar-refractivity contribution in [2.45, 2.75) is 72.6 Å². The lowest BCUT2D eigenvalue weighted by Crippen LogP contribution is -2.45. The van der Waals surface area contributed by atoms with Crippen molar-refractivity contribution < 1.29 is 72.6 Å². The van der Waals surface area contributed by atoms with Gasteiger partial charge in [0.15, 0.2) is 0 Å². The molecule has 288 valence electrons. The fraction of sp³-hybridized carbons (Fsp3) is 0.826. The molecule has 21 nitrogen and oxygen atoms in total. The Morgan fingerprint density at radius 3 is 1.25 bits per heavy atom. The number of nitrogens with one attached hydrogen (secondary N) is 3. The normalized spacial score (nSPS) is 14.2. The predicted molar refractivity (Wildman–Crippen MR) is 174 cm³/mol. The summed E-state index contributed by atoms with van der Waals surface area (Å²) in [6.45, 7) is 10.0. The van der Waals surface area contributed by atoms with Gasteiger partial charge in [-0.05, 0) is 48.5 Å². The molecule has 1 amide bonds. The Hall–Kier alpha value is -2.52. The third-order valence-corrected chi connectivity index (χ3v) is 11.9. The largest absolute Gasteiger partial charge is 0.480 e. The second kappa shape index (κ2) is 23.8. The minimum absolute atomic E-state index is 0.0473. The fourth-order valence-electron chi connectivity index (χ4n) is 2.43. The van der Waals surface area contributed by atoms with E-state index in [1.165, 1.54) is 82.3 Å². The highest BCUT2D eigenvalue weighted by molar-refractivity contribution is 7.89. The highest BCUT2D eigenvalue weighted by Gasteiger charge is 2.27. The van der Waals surface area contributed by atoms with Crippen molar-refractivity contribution in [2.75, 3.05) is 51.8 Å².